The molecule has 5 nitrogen and oxygen atoms in total. The second-order valence-electron chi connectivity index (χ2n) is 5.05. The van der Waals surface area contributed by atoms with Gasteiger partial charge in [-0.1, -0.05) is 13.8 Å². The van der Waals surface area contributed by atoms with Crippen LogP contribution in [0.15, 0.2) is 12.3 Å². The Balaban J connectivity index is 2.73. The fourth-order valence-electron chi connectivity index (χ4n) is 1.81. The van der Waals surface area contributed by atoms with Crippen molar-refractivity contribution >= 4 is 11.7 Å². The van der Waals surface area contributed by atoms with Gasteiger partial charge in [0.25, 0.3) is 0 Å². The summed E-state index contributed by atoms with van der Waals surface area (Å²) in [7, 11) is 3.51. The average molecular weight is 264 g/mol. The predicted molar refractivity (Wildman–Crippen MR) is 78.3 cm³/mol. The first-order valence-electron chi connectivity index (χ1n) is 6.54. The molecular formula is C14H24N4O. The summed E-state index contributed by atoms with van der Waals surface area (Å²) in [6, 6.07) is 2.56. The first-order chi connectivity index (χ1) is 8.93. The van der Waals surface area contributed by atoms with Crippen molar-refractivity contribution < 1.29 is 4.79 Å². The average Bonchev–Trinajstić information content (AvgIpc) is 2.35. The predicted octanol–water partition coefficient (Wildman–Crippen LogP) is 1.07. The molecule has 5 heteroatoms. The number of carbonyl (C=O) groups excluding carboxylic acids is 1. The van der Waals surface area contributed by atoms with Gasteiger partial charge in [0.15, 0.2) is 0 Å². The summed E-state index contributed by atoms with van der Waals surface area (Å²) < 4.78 is 0. The third-order valence-corrected chi connectivity index (χ3v) is 2.84. The number of rotatable bonds is 6. The fraction of sp³-hybridized carbons (Fsp3) is 0.571. The lowest BCUT2D eigenvalue weighted by molar-refractivity contribution is -0.119. The van der Waals surface area contributed by atoms with Crippen LogP contribution in [0.3, 0.4) is 0 Å². The number of hydrogen-bond donors (Lipinski definition) is 2. The van der Waals surface area contributed by atoms with E-state index in [9.17, 15) is 4.79 Å². The lowest BCUT2D eigenvalue weighted by Gasteiger charge is -2.20. The SMILES string of the molecule is CNC(=O)CN(C)c1ncc(CNC(C)C)cc1C. The van der Waals surface area contributed by atoms with Crippen LogP contribution in [-0.2, 0) is 11.3 Å². The molecule has 0 saturated carbocycles. The van der Waals surface area contributed by atoms with Crippen molar-refractivity contribution in [1.29, 1.82) is 0 Å². The van der Waals surface area contributed by atoms with Crippen molar-refractivity contribution in [3.63, 3.8) is 0 Å². The van der Waals surface area contributed by atoms with Crippen LogP contribution in [0.5, 0.6) is 0 Å². The van der Waals surface area contributed by atoms with Gasteiger partial charge in [0.1, 0.15) is 5.82 Å². The first-order valence-corrected chi connectivity index (χ1v) is 6.54. The van der Waals surface area contributed by atoms with Crippen LogP contribution in [-0.4, -0.2) is 37.6 Å². The molecule has 0 bridgehead atoms. The van der Waals surface area contributed by atoms with Gasteiger partial charge >= 0.3 is 0 Å². The highest BCUT2D eigenvalue weighted by atomic mass is 16.1. The lowest BCUT2D eigenvalue weighted by Crippen LogP contribution is -2.33. The molecule has 0 aliphatic rings. The lowest BCUT2D eigenvalue weighted by atomic mass is 10.2. The van der Waals surface area contributed by atoms with Crippen molar-refractivity contribution in [1.82, 2.24) is 15.6 Å². The van der Waals surface area contributed by atoms with Crippen LogP contribution in [0, 0.1) is 6.92 Å². The Hall–Kier alpha value is -1.62. The van der Waals surface area contributed by atoms with E-state index in [1.165, 1.54) is 0 Å². The van der Waals surface area contributed by atoms with Crippen LogP contribution >= 0.6 is 0 Å². The van der Waals surface area contributed by atoms with Gasteiger partial charge in [-0.2, -0.15) is 0 Å². The highest BCUT2D eigenvalue weighted by Gasteiger charge is 2.10. The number of aromatic nitrogens is 1. The number of pyridine rings is 1. The maximum atomic E-state index is 11.4. The number of nitrogens with one attached hydrogen (secondary N) is 2. The smallest absolute Gasteiger partial charge is 0.239 e. The Morgan fingerprint density at radius 2 is 2.16 bits per heavy atom. The number of likely N-dealkylation sites (N-methyl/N-ethyl adjacent to an activating group) is 2. The Morgan fingerprint density at radius 1 is 1.47 bits per heavy atom. The second kappa shape index (κ2) is 7.09. The Bertz CT molecular complexity index is 431. The maximum absolute atomic E-state index is 11.4. The first kappa shape index (κ1) is 15.4. The molecule has 1 aromatic rings. The van der Waals surface area contributed by atoms with Gasteiger partial charge in [-0.15, -0.1) is 0 Å². The number of nitrogens with zero attached hydrogens (tertiary/aromatic N) is 2. The molecule has 0 atom stereocenters. The van der Waals surface area contributed by atoms with E-state index in [1.807, 2.05) is 25.1 Å². The van der Waals surface area contributed by atoms with Gasteiger partial charge in [0.05, 0.1) is 6.54 Å². The minimum atomic E-state index is -0.0192. The summed E-state index contributed by atoms with van der Waals surface area (Å²) in [4.78, 5) is 17.7. The molecule has 106 valence electrons. The standard InChI is InChI=1S/C14H24N4O/c1-10(2)16-7-12-6-11(3)14(17-8-12)18(5)9-13(19)15-4/h6,8,10,16H,7,9H2,1-5H3,(H,15,19). The van der Waals surface area contributed by atoms with E-state index in [1.54, 1.807) is 7.05 Å². The second-order valence-corrected chi connectivity index (χ2v) is 5.05. The van der Waals surface area contributed by atoms with Crippen LogP contribution in [0.2, 0.25) is 0 Å². The topological polar surface area (TPSA) is 57.3 Å². The Labute approximate surface area is 115 Å². The summed E-state index contributed by atoms with van der Waals surface area (Å²) >= 11 is 0. The molecule has 0 aliphatic heterocycles. The molecule has 0 fully saturated rings. The number of anilines is 1. The van der Waals surface area contributed by atoms with E-state index in [0.29, 0.717) is 12.6 Å². The van der Waals surface area contributed by atoms with Crippen molar-refractivity contribution in [2.24, 2.45) is 0 Å². The highest BCUT2D eigenvalue weighted by molar-refractivity contribution is 5.80. The van der Waals surface area contributed by atoms with Gasteiger partial charge < -0.3 is 15.5 Å². The van der Waals surface area contributed by atoms with Crippen molar-refractivity contribution in [3.8, 4) is 0 Å². The quantitative estimate of drug-likeness (QED) is 0.807. The molecular weight excluding hydrogens is 240 g/mol. The molecule has 1 aromatic heterocycles. The normalized spacial score (nSPS) is 10.6. The third kappa shape index (κ3) is 4.87. The van der Waals surface area contributed by atoms with E-state index < -0.39 is 0 Å². The van der Waals surface area contributed by atoms with Crippen molar-refractivity contribution in [2.75, 3.05) is 25.5 Å². The molecule has 0 radical (unpaired) electrons. The molecule has 1 amide bonds. The monoisotopic (exact) mass is 264 g/mol. The summed E-state index contributed by atoms with van der Waals surface area (Å²) in [6.07, 6.45) is 1.86. The van der Waals surface area contributed by atoms with E-state index >= 15 is 0 Å². The molecule has 1 rings (SSSR count). The van der Waals surface area contributed by atoms with Gasteiger partial charge in [-0.05, 0) is 24.1 Å². The zero-order valence-corrected chi connectivity index (χ0v) is 12.4. The summed E-state index contributed by atoms with van der Waals surface area (Å²) in [5, 5.41) is 5.97. The van der Waals surface area contributed by atoms with Crippen LogP contribution in [0.25, 0.3) is 0 Å². The van der Waals surface area contributed by atoms with Crippen molar-refractivity contribution in [2.45, 2.75) is 33.4 Å². The number of carbonyl (C=O) groups is 1. The largest absolute Gasteiger partial charge is 0.358 e. The fourth-order valence-corrected chi connectivity index (χ4v) is 1.81. The minimum absolute atomic E-state index is 0.0192. The molecule has 0 saturated heterocycles. The summed E-state index contributed by atoms with van der Waals surface area (Å²) in [6.45, 7) is 7.37. The third-order valence-electron chi connectivity index (χ3n) is 2.84. The van der Waals surface area contributed by atoms with Crippen molar-refractivity contribution in [3.05, 3.63) is 23.4 Å². The molecule has 0 aliphatic carbocycles. The molecule has 0 spiro atoms. The zero-order chi connectivity index (χ0) is 14.4. The maximum Gasteiger partial charge on any atom is 0.239 e. The van der Waals surface area contributed by atoms with Gasteiger partial charge in [-0.3, -0.25) is 4.79 Å². The van der Waals surface area contributed by atoms with Crippen LogP contribution in [0.4, 0.5) is 5.82 Å². The van der Waals surface area contributed by atoms with Crippen LogP contribution < -0.4 is 15.5 Å². The van der Waals surface area contributed by atoms with Gasteiger partial charge in [-0.25, -0.2) is 4.98 Å². The molecule has 0 aromatic carbocycles. The minimum Gasteiger partial charge on any atom is -0.358 e. The van der Waals surface area contributed by atoms with E-state index in [2.05, 4.69) is 35.5 Å². The van der Waals surface area contributed by atoms with E-state index in [-0.39, 0.29) is 5.91 Å². The van der Waals surface area contributed by atoms with Gasteiger partial charge in [0.2, 0.25) is 5.91 Å². The Kier molecular flexibility index (Phi) is 5.76. The van der Waals surface area contributed by atoms with E-state index in [0.717, 1.165) is 23.5 Å². The van der Waals surface area contributed by atoms with E-state index in [4.69, 9.17) is 0 Å². The number of amides is 1. The summed E-state index contributed by atoms with van der Waals surface area (Å²) in [5.74, 6) is 0.825. The molecule has 1 heterocycles. The molecule has 2 N–H and O–H groups in total. The highest BCUT2D eigenvalue weighted by Crippen LogP contribution is 2.16. The molecule has 0 unspecified atom stereocenters. The summed E-state index contributed by atoms with van der Waals surface area (Å²) in [5.41, 5.74) is 2.23. The zero-order valence-electron chi connectivity index (χ0n) is 12.4. The molecule has 19 heavy (non-hydrogen) atoms. The number of aryl methyl sites for hydroxylation is 1. The Morgan fingerprint density at radius 3 is 2.68 bits per heavy atom. The number of hydrogen-bond acceptors (Lipinski definition) is 4. The van der Waals surface area contributed by atoms with Gasteiger partial charge in [0, 0.05) is 32.9 Å². The van der Waals surface area contributed by atoms with Crippen LogP contribution in [0.1, 0.15) is 25.0 Å².